The van der Waals surface area contributed by atoms with Crippen molar-refractivity contribution < 1.29 is 14.2 Å². The number of aromatic nitrogens is 6. The Balaban J connectivity index is 0.000000675. The van der Waals surface area contributed by atoms with Crippen molar-refractivity contribution in [2.45, 2.75) is 20.8 Å². The van der Waals surface area contributed by atoms with E-state index < -0.39 is 0 Å². The summed E-state index contributed by atoms with van der Waals surface area (Å²) in [6.45, 7) is 6.08. The first-order chi connectivity index (χ1) is 16.9. The summed E-state index contributed by atoms with van der Waals surface area (Å²) in [5.41, 5.74) is 4.13. The lowest BCUT2D eigenvalue weighted by Crippen LogP contribution is -2.09. The van der Waals surface area contributed by atoms with Crippen LogP contribution in [0.2, 0.25) is 0 Å². The highest BCUT2D eigenvalue weighted by atomic mass is 35.5. The van der Waals surface area contributed by atoms with Crippen LogP contribution in [0.25, 0.3) is 11.4 Å². The molecule has 0 fully saturated rings. The third-order valence-corrected chi connectivity index (χ3v) is 4.68. The summed E-state index contributed by atoms with van der Waals surface area (Å²) in [6.07, 6.45) is 7.13. The minimum absolute atomic E-state index is 0. The predicted octanol–water partition coefficient (Wildman–Crippen LogP) is 4.67. The van der Waals surface area contributed by atoms with Gasteiger partial charge < -0.3 is 23.3 Å². The van der Waals surface area contributed by atoms with Gasteiger partial charge in [-0.3, -0.25) is 5.41 Å². The van der Waals surface area contributed by atoms with Crippen LogP contribution in [-0.2, 0) is 4.74 Å². The number of nitrogens with zero attached hydrogens (tertiary/aromatic N) is 7. The van der Waals surface area contributed by atoms with Gasteiger partial charge in [0.05, 0.1) is 44.9 Å². The lowest BCUT2D eigenvalue weighted by molar-refractivity contribution is 0.323. The number of imidazole rings is 2. The summed E-state index contributed by atoms with van der Waals surface area (Å²) in [5, 5.41) is 16.5. The lowest BCUT2D eigenvalue weighted by atomic mass is 10.3. The number of hydrogen-bond acceptors (Lipinski definition) is 9. The van der Waals surface area contributed by atoms with Gasteiger partial charge in [0.1, 0.15) is 28.8 Å². The van der Waals surface area contributed by atoms with Gasteiger partial charge in [-0.25, -0.2) is 19.9 Å². The molecule has 0 aromatic carbocycles. The van der Waals surface area contributed by atoms with Gasteiger partial charge in [0.25, 0.3) is 0 Å². The smallest absolute Gasteiger partial charge is 0.239 e. The Kier molecular flexibility index (Phi) is 14.5. The second-order valence-electron chi connectivity index (χ2n) is 7.17. The van der Waals surface area contributed by atoms with Crippen molar-refractivity contribution in [3.63, 3.8) is 0 Å². The van der Waals surface area contributed by atoms with Crippen molar-refractivity contribution in [1.29, 1.82) is 10.7 Å². The molecule has 4 heterocycles. The number of rotatable bonds is 6. The molecule has 1 N–H and O–H groups in total. The molecule has 0 aliphatic heterocycles. The monoisotopic (exact) mass is 582 g/mol. The van der Waals surface area contributed by atoms with Gasteiger partial charge in [0, 0.05) is 12.4 Å². The molecule has 0 atom stereocenters. The van der Waals surface area contributed by atoms with Gasteiger partial charge in [-0.15, -0.1) is 37.2 Å². The molecule has 14 heteroatoms. The number of hydrogen-bond donors (Lipinski definition) is 1. The maximum atomic E-state index is 8.74. The summed E-state index contributed by atoms with van der Waals surface area (Å²) >= 11 is 0. The van der Waals surface area contributed by atoms with Gasteiger partial charge in [0.15, 0.2) is 0 Å². The number of ether oxygens (including phenoxy) is 3. The highest BCUT2D eigenvalue weighted by molar-refractivity contribution is 5.90. The number of halogens is 3. The van der Waals surface area contributed by atoms with Gasteiger partial charge in [-0.1, -0.05) is 0 Å². The fraction of sp³-hybridized carbons (Fsp3) is 0.250. The molecule has 0 bridgehead atoms. The van der Waals surface area contributed by atoms with E-state index in [9.17, 15) is 0 Å². The van der Waals surface area contributed by atoms with E-state index in [2.05, 4.69) is 19.9 Å². The Morgan fingerprint density at radius 3 is 1.79 bits per heavy atom. The van der Waals surface area contributed by atoms with Gasteiger partial charge in [-0.2, -0.15) is 5.26 Å². The topological polar surface area (TPSA) is 137 Å². The van der Waals surface area contributed by atoms with Crippen LogP contribution in [0.4, 0.5) is 0 Å². The normalized spacial score (nSPS) is 9.26. The standard InChI is InChI=1S/C13H16N4O2.C11H10N4O.3ClH/c1-4-19-12(14)10-5-6-11(13(16-10)18-3)17-7-9(2)15-8-17;1-8-6-15(7-13-8)10-4-3-9(5-12)14-11(10)16-2;;;/h5-8,14H,4H2,1-3H3;3-4,6-7H,1-2H3;3*1H. The Morgan fingerprint density at radius 2 is 1.37 bits per heavy atom. The second-order valence-corrected chi connectivity index (χ2v) is 7.17. The molecule has 4 rings (SSSR count). The van der Waals surface area contributed by atoms with Crippen molar-refractivity contribution in [2.75, 3.05) is 20.8 Å². The molecule has 0 saturated heterocycles. The van der Waals surface area contributed by atoms with E-state index in [1.165, 1.54) is 7.11 Å². The fourth-order valence-corrected chi connectivity index (χ4v) is 3.07. The number of aryl methyl sites for hydroxylation is 2. The molecule has 0 radical (unpaired) electrons. The summed E-state index contributed by atoms with van der Waals surface area (Å²) in [4.78, 5) is 16.6. The average Bonchev–Trinajstić information content (AvgIpc) is 3.51. The Labute approximate surface area is 239 Å². The van der Waals surface area contributed by atoms with E-state index in [4.69, 9.17) is 24.9 Å². The zero-order valence-electron chi connectivity index (χ0n) is 21.4. The van der Waals surface area contributed by atoms with Gasteiger partial charge in [-0.05, 0) is 45.0 Å². The molecule has 4 aromatic rings. The van der Waals surface area contributed by atoms with E-state index in [1.54, 1.807) is 38.0 Å². The first-order valence-electron chi connectivity index (χ1n) is 10.6. The quantitative estimate of drug-likeness (QED) is 0.255. The van der Waals surface area contributed by atoms with Crippen LogP contribution in [0, 0.1) is 30.6 Å². The van der Waals surface area contributed by atoms with E-state index in [1.807, 2.05) is 54.4 Å². The molecule has 204 valence electrons. The summed E-state index contributed by atoms with van der Waals surface area (Å²) in [5.74, 6) is 0.880. The number of nitriles is 1. The summed E-state index contributed by atoms with van der Waals surface area (Å²) in [6, 6.07) is 8.96. The zero-order chi connectivity index (χ0) is 25.4. The maximum absolute atomic E-state index is 8.74. The van der Waals surface area contributed by atoms with Crippen molar-refractivity contribution in [1.82, 2.24) is 29.1 Å². The first-order valence-corrected chi connectivity index (χ1v) is 10.6. The fourth-order valence-electron chi connectivity index (χ4n) is 3.07. The summed E-state index contributed by atoms with van der Waals surface area (Å²) < 4.78 is 19.2. The highest BCUT2D eigenvalue weighted by Gasteiger charge is 2.12. The minimum Gasteiger partial charge on any atom is -0.479 e. The highest BCUT2D eigenvalue weighted by Crippen LogP contribution is 2.22. The summed E-state index contributed by atoms with van der Waals surface area (Å²) in [7, 11) is 3.07. The molecular weight excluding hydrogens is 555 g/mol. The van der Waals surface area contributed by atoms with Crippen LogP contribution < -0.4 is 9.47 Å². The third kappa shape index (κ3) is 8.34. The molecule has 0 spiro atoms. The molecule has 0 amide bonds. The van der Waals surface area contributed by atoms with E-state index in [0.29, 0.717) is 29.8 Å². The molecule has 0 unspecified atom stereocenters. The molecule has 4 aromatic heterocycles. The Morgan fingerprint density at radius 1 is 0.868 bits per heavy atom. The number of methoxy groups -OCH3 is 2. The largest absolute Gasteiger partial charge is 0.479 e. The Bertz CT molecular complexity index is 1370. The van der Waals surface area contributed by atoms with Crippen LogP contribution in [0.3, 0.4) is 0 Å². The van der Waals surface area contributed by atoms with Crippen molar-refractivity contribution >= 4 is 43.1 Å². The molecule has 38 heavy (non-hydrogen) atoms. The number of pyridine rings is 2. The molecule has 11 nitrogen and oxygen atoms in total. The average molecular weight is 584 g/mol. The van der Waals surface area contributed by atoms with Crippen LogP contribution >= 0.6 is 37.2 Å². The SMILES string of the molecule is CCOC(=N)c1ccc(-n2cnc(C)c2)c(OC)n1.COc1nc(C#N)ccc1-n1cnc(C)c1.Cl.Cl.Cl. The molecule has 0 aliphatic carbocycles. The maximum Gasteiger partial charge on any atom is 0.239 e. The minimum atomic E-state index is 0. The molecular formula is C24H29Cl3N8O3. The van der Waals surface area contributed by atoms with E-state index >= 15 is 0 Å². The zero-order valence-corrected chi connectivity index (χ0v) is 23.9. The van der Waals surface area contributed by atoms with Crippen LogP contribution in [-0.4, -0.2) is 55.8 Å². The third-order valence-electron chi connectivity index (χ3n) is 4.68. The van der Waals surface area contributed by atoms with E-state index in [0.717, 1.165) is 22.8 Å². The van der Waals surface area contributed by atoms with Crippen molar-refractivity contribution in [2.24, 2.45) is 0 Å². The number of nitrogens with one attached hydrogen (secondary N) is 1. The second kappa shape index (κ2) is 16.1. The molecule has 0 saturated carbocycles. The van der Waals surface area contributed by atoms with Gasteiger partial charge >= 0.3 is 0 Å². The van der Waals surface area contributed by atoms with Crippen LogP contribution in [0.15, 0.2) is 49.3 Å². The van der Waals surface area contributed by atoms with E-state index in [-0.39, 0.29) is 43.1 Å². The van der Waals surface area contributed by atoms with Gasteiger partial charge in [0.2, 0.25) is 17.7 Å². The van der Waals surface area contributed by atoms with Crippen LogP contribution in [0.1, 0.15) is 29.7 Å². The lowest BCUT2D eigenvalue weighted by Gasteiger charge is -2.10. The van der Waals surface area contributed by atoms with Crippen molar-refractivity contribution in [3.8, 4) is 29.2 Å². The van der Waals surface area contributed by atoms with Crippen molar-refractivity contribution in [3.05, 3.63) is 72.1 Å². The predicted molar refractivity (Wildman–Crippen MR) is 150 cm³/mol. The van der Waals surface area contributed by atoms with Crippen LogP contribution in [0.5, 0.6) is 11.8 Å². The Hall–Kier alpha value is -3.85. The molecule has 0 aliphatic rings. The first kappa shape index (κ1) is 34.1.